The number of non-ortho nitro benzene ring substituents is 1. The molecule has 2 aliphatic carbocycles. The van der Waals surface area contributed by atoms with Crippen LogP contribution < -0.4 is 0 Å². The highest BCUT2D eigenvalue weighted by molar-refractivity contribution is 9.11. The van der Waals surface area contributed by atoms with Gasteiger partial charge in [-0.1, -0.05) is 46.3 Å². The van der Waals surface area contributed by atoms with Gasteiger partial charge in [-0.25, -0.2) is 0 Å². The lowest BCUT2D eigenvalue weighted by molar-refractivity contribution is -0.385. The van der Waals surface area contributed by atoms with Crippen molar-refractivity contribution in [3.63, 3.8) is 0 Å². The van der Waals surface area contributed by atoms with Crippen LogP contribution >= 0.6 is 15.9 Å². The number of nitro groups is 1. The van der Waals surface area contributed by atoms with Gasteiger partial charge in [0.25, 0.3) is 15.7 Å². The minimum atomic E-state index is -4.01. The maximum Gasteiger partial charge on any atom is 0.279 e. The van der Waals surface area contributed by atoms with Gasteiger partial charge in [-0.15, -0.1) is 0 Å². The van der Waals surface area contributed by atoms with Crippen LogP contribution in [0.1, 0.15) is 5.56 Å². The second kappa shape index (κ2) is 7.24. The predicted molar refractivity (Wildman–Crippen MR) is 107 cm³/mol. The van der Waals surface area contributed by atoms with Gasteiger partial charge in [0, 0.05) is 29.6 Å². The van der Waals surface area contributed by atoms with Crippen molar-refractivity contribution in [3.8, 4) is 0 Å². The van der Waals surface area contributed by atoms with E-state index in [1.807, 2.05) is 30.4 Å². The lowest BCUT2D eigenvalue weighted by Gasteiger charge is -2.17. The Hall–Kier alpha value is -2.52. The van der Waals surface area contributed by atoms with E-state index in [0.717, 1.165) is 26.1 Å². The van der Waals surface area contributed by atoms with E-state index < -0.39 is 14.9 Å². The number of allylic oxidation sites excluding steroid dienone is 8. The molecule has 1 aromatic rings. The highest BCUT2D eigenvalue weighted by Gasteiger charge is 2.25. The van der Waals surface area contributed by atoms with Gasteiger partial charge in [0.15, 0.2) is 0 Å². The van der Waals surface area contributed by atoms with Crippen molar-refractivity contribution in [3.05, 3.63) is 79.9 Å². The third kappa shape index (κ3) is 3.79. The molecule has 0 amide bonds. The number of halogens is 1. The standard InChI is InChI=1S/C18H16BrN3O4S/c1-12-3-8-16(22(23)24)10-18(12)27(25,26)21(2)20-11-14-5-4-13-6-7-15(19)9-17(13)14/h3-11,17H,1-2H3. The SMILES string of the molecule is Cc1ccc([N+](=O)[O-])cc1S(=O)(=O)N(C)N=CC1=CC=C2C=CC(Br)=CC21. The molecule has 0 spiro atoms. The van der Waals surface area contributed by atoms with Crippen LogP contribution in [0.4, 0.5) is 5.69 Å². The normalized spacial score (nSPS) is 18.8. The summed E-state index contributed by atoms with van der Waals surface area (Å²) in [5.74, 6) is 0.0174. The molecule has 3 rings (SSSR count). The first-order valence-electron chi connectivity index (χ1n) is 7.95. The van der Waals surface area contributed by atoms with E-state index in [4.69, 9.17) is 0 Å². The zero-order valence-corrected chi connectivity index (χ0v) is 16.9. The molecule has 7 nitrogen and oxygen atoms in total. The second-order valence-electron chi connectivity index (χ2n) is 6.09. The summed E-state index contributed by atoms with van der Waals surface area (Å²) in [5.41, 5.74) is 2.08. The van der Waals surface area contributed by atoms with Crippen LogP contribution in [0.3, 0.4) is 0 Å². The number of fused-ring (bicyclic) bond motifs is 1. The average Bonchev–Trinajstić information content (AvgIpc) is 3.01. The van der Waals surface area contributed by atoms with E-state index in [1.165, 1.54) is 25.4 Å². The molecule has 0 heterocycles. The Balaban J connectivity index is 1.85. The van der Waals surface area contributed by atoms with Crippen LogP contribution in [0.2, 0.25) is 0 Å². The monoisotopic (exact) mass is 449 g/mol. The number of rotatable bonds is 5. The number of benzene rings is 1. The van der Waals surface area contributed by atoms with Crippen molar-refractivity contribution in [1.29, 1.82) is 0 Å². The van der Waals surface area contributed by atoms with Gasteiger partial charge in [0.2, 0.25) is 0 Å². The summed E-state index contributed by atoms with van der Waals surface area (Å²) in [5, 5.41) is 15.0. The molecule has 1 unspecified atom stereocenters. The summed E-state index contributed by atoms with van der Waals surface area (Å²) in [6.07, 6.45) is 11.3. The fraction of sp³-hybridized carbons (Fsp3) is 0.167. The van der Waals surface area contributed by atoms with Crippen molar-refractivity contribution in [2.75, 3.05) is 7.05 Å². The quantitative estimate of drug-likeness (QED) is 0.387. The number of hydrogen-bond acceptors (Lipinski definition) is 5. The smallest absolute Gasteiger partial charge is 0.258 e. The van der Waals surface area contributed by atoms with Gasteiger partial charge in [-0.05, 0) is 29.7 Å². The van der Waals surface area contributed by atoms with Crippen LogP contribution in [0.5, 0.6) is 0 Å². The first-order chi connectivity index (χ1) is 12.7. The Bertz CT molecular complexity index is 1070. The van der Waals surface area contributed by atoms with E-state index in [2.05, 4.69) is 21.0 Å². The minimum absolute atomic E-state index is 0.0174. The Morgan fingerprint density at radius 3 is 2.74 bits per heavy atom. The summed E-state index contributed by atoms with van der Waals surface area (Å²) < 4.78 is 27.4. The van der Waals surface area contributed by atoms with Gasteiger partial charge < -0.3 is 0 Å². The number of sulfonamides is 1. The van der Waals surface area contributed by atoms with Crippen molar-refractivity contribution >= 4 is 37.9 Å². The fourth-order valence-electron chi connectivity index (χ4n) is 2.79. The van der Waals surface area contributed by atoms with Crippen molar-refractivity contribution in [2.24, 2.45) is 11.0 Å². The Labute approximate surface area is 165 Å². The third-order valence-electron chi connectivity index (χ3n) is 4.33. The van der Waals surface area contributed by atoms with Gasteiger partial charge in [-0.3, -0.25) is 10.1 Å². The average molecular weight is 450 g/mol. The molecule has 0 radical (unpaired) electrons. The molecule has 140 valence electrons. The Kier molecular flexibility index (Phi) is 5.16. The second-order valence-corrected chi connectivity index (χ2v) is 8.92. The van der Waals surface area contributed by atoms with Gasteiger partial charge in [0.1, 0.15) is 0 Å². The maximum atomic E-state index is 12.8. The molecular formula is C18H16BrN3O4S. The summed E-state index contributed by atoms with van der Waals surface area (Å²) in [6.45, 7) is 1.58. The highest BCUT2D eigenvalue weighted by Crippen LogP contribution is 2.34. The third-order valence-corrected chi connectivity index (χ3v) is 6.64. The summed E-state index contributed by atoms with van der Waals surface area (Å²) >= 11 is 3.44. The molecule has 0 bridgehead atoms. The van der Waals surface area contributed by atoms with Gasteiger partial charge in [0.05, 0.1) is 16.0 Å². The zero-order chi connectivity index (χ0) is 19.8. The molecule has 9 heteroatoms. The maximum absolute atomic E-state index is 12.8. The first-order valence-corrected chi connectivity index (χ1v) is 10.2. The van der Waals surface area contributed by atoms with E-state index in [-0.39, 0.29) is 16.5 Å². The first kappa shape index (κ1) is 19.2. The van der Waals surface area contributed by atoms with Crippen LogP contribution in [0.25, 0.3) is 0 Å². The van der Waals surface area contributed by atoms with Crippen LogP contribution in [0, 0.1) is 23.0 Å². The van der Waals surface area contributed by atoms with Gasteiger partial charge >= 0.3 is 0 Å². The largest absolute Gasteiger partial charge is 0.279 e. The molecular weight excluding hydrogens is 434 g/mol. The molecule has 0 N–H and O–H groups in total. The molecule has 0 saturated heterocycles. The van der Waals surface area contributed by atoms with Crippen LogP contribution in [-0.4, -0.2) is 31.0 Å². The van der Waals surface area contributed by atoms with Crippen molar-refractivity contribution in [1.82, 2.24) is 4.41 Å². The molecule has 0 aliphatic heterocycles. The van der Waals surface area contributed by atoms with E-state index in [0.29, 0.717) is 5.56 Å². The number of aryl methyl sites for hydroxylation is 1. The lowest BCUT2D eigenvalue weighted by atomic mass is 9.93. The van der Waals surface area contributed by atoms with Gasteiger partial charge in [-0.2, -0.15) is 17.9 Å². The fourth-order valence-corrected chi connectivity index (χ4v) is 4.39. The summed E-state index contributed by atoms with van der Waals surface area (Å²) in [6, 6.07) is 3.74. The molecule has 27 heavy (non-hydrogen) atoms. The van der Waals surface area contributed by atoms with Crippen LogP contribution in [-0.2, 0) is 10.0 Å². The molecule has 2 aliphatic rings. The van der Waals surface area contributed by atoms with E-state index in [1.54, 1.807) is 6.92 Å². The number of nitrogens with zero attached hydrogens (tertiary/aromatic N) is 3. The topological polar surface area (TPSA) is 92.9 Å². The minimum Gasteiger partial charge on any atom is -0.258 e. The predicted octanol–water partition coefficient (Wildman–Crippen LogP) is 3.84. The zero-order valence-electron chi connectivity index (χ0n) is 14.5. The van der Waals surface area contributed by atoms with Crippen molar-refractivity contribution < 1.29 is 13.3 Å². The molecule has 1 atom stereocenters. The number of hydrazone groups is 1. The van der Waals surface area contributed by atoms with Crippen LogP contribution in [0.15, 0.2) is 74.2 Å². The molecule has 0 fully saturated rings. The number of nitro benzene ring substituents is 1. The number of hydrogen-bond donors (Lipinski definition) is 0. The van der Waals surface area contributed by atoms with E-state index >= 15 is 0 Å². The summed E-state index contributed by atoms with van der Waals surface area (Å²) in [4.78, 5) is 10.2. The lowest BCUT2D eigenvalue weighted by Crippen LogP contribution is -2.23. The van der Waals surface area contributed by atoms with E-state index in [9.17, 15) is 18.5 Å². The molecule has 1 aromatic carbocycles. The highest BCUT2D eigenvalue weighted by atomic mass is 79.9. The van der Waals surface area contributed by atoms with Crippen molar-refractivity contribution in [2.45, 2.75) is 11.8 Å². The molecule has 0 aromatic heterocycles. The summed E-state index contributed by atoms with van der Waals surface area (Å²) in [7, 11) is -2.70. The molecule has 0 saturated carbocycles. The Morgan fingerprint density at radius 1 is 1.30 bits per heavy atom. The Morgan fingerprint density at radius 2 is 2.04 bits per heavy atom.